The van der Waals surface area contributed by atoms with Crippen molar-refractivity contribution in [2.75, 3.05) is 18.5 Å². The van der Waals surface area contributed by atoms with Crippen LogP contribution in [0.4, 0.5) is 10.5 Å². The van der Waals surface area contributed by atoms with E-state index in [0.717, 1.165) is 21.8 Å². The van der Waals surface area contributed by atoms with Gasteiger partial charge in [0.15, 0.2) is 11.3 Å². The highest BCUT2D eigenvalue weighted by Gasteiger charge is 2.50. The molecule has 2 aliphatic rings. The number of fused-ring (bicyclic) bond motifs is 1. The van der Waals surface area contributed by atoms with E-state index in [1.54, 1.807) is 31.3 Å². The Morgan fingerprint density at radius 1 is 1.10 bits per heavy atom. The Kier molecular flexibility index (Phi) is 4.49. The fraction of sp³-hybridized carbons (Fsp3) is 0.304. The normalized spacial score (nSPS) is 23.7. The second-order valence-electron chi connectivity index (χ2n) is 8.36. The number of carbonyl (C=O) groups is 3. The zero-order valence-electron chi connectivity index (χ0n) is 17.5. The van der Waals surface area contributed by atoms with Gasteiger partial charge < -0.3 is 10.2 Å². The molecular weight excluding hydrogens is 380 g/mol. The number of urea groups is 1. The van der Waals surface area contributed by atoms with Crippen LogP contribution < -0.4 is 10.2 Å². The maximum absolute atomic E-state index is 13.0. The van der Waals surface area contributed by atoms with Crippen LogP contribution in [0.2, 0.25) is 0 Å². The summed E-state index contributed by atoms with van der Waals surface area (Å²) in [4.78, 5) is 45.5. The predicted octanol–water partition coefficient (Wildman–Crippen LogP) is 2.73. The van der Waals surface area contributed by atoms with Crippen LogP contribution in [0.15, 0.2) is 60.4 Å². The van der Waals surface area contributed by atoms with Gasteiger partial charge >= 0.3 is 6.03 Å². The molecule has 0 saturated carbocycles. The van der Waals surface area contributed by atoms with Gasteiger partial charge in [0.25, 0.3) is 5.91 Å². The van der Waals surface area contributed by atoms with E-state index in [2.05, 4.69) is 24.1 Å². The number of ketones is 1. The smallest absolute Gasteiger partial charge is 0.325 e. The van der Waals surface area contributed by atoms with E-state index in [4.69, 9.17) is 0 Å². The number of imide groups is 1. The molecule has 1 unspecified atom stereocenters. The number of hydrogen-bond donors (Lipinski definition) is 1. The molecule has 0 bridgehead atoms. The SMILES string of the molecule is CN1C(=CC(=O)CN2C(=O)NC(C)(c3ccccn3)C2=O)C(C)(C)c2ccccc21. The highest BCUT2D eigenvalue weighted by Crippen LogP contribution is 2.46. The molecular formula is C23H24N4O3. The molecule has 2 aliphatic heterocycles. The Hall–Kier alpha value is -3.48. The van der Waals surface area contributed by atoms with Gasteiger partial charge in [0.2, 0.25) is 0 Å². The van der Waals surface area contributed by atoms with Crippen LogP contribution in [-0.4, -0.2) is 41.2 Å². The average molecular weight is 404 g/mol. The minimum atomic E-state index is -1.29. The molecule has 1 aromatic carbocycles. The molecule has 1 fully saturated rings. The third kappa shape index (κ3) is 2.89. The van der Waals surface area contributed by atoms with Gasteiger partial charge in [-0.15, -0.1) is 0 Å². The summed E-state index contributed by atoms with van der Waals surface area (Å²) in [6, 6.07) is 12.6. The number of rotatable bonds is 4. The topological polar surface area (TPSA) is 82.6 Å². The van der Waals surface area contributed by atoms with Crippen molar-refractivity contribution < 1.29 is 14.4 Å². The van der Waals surface area contributed by atoms with Crippen molar-refractivity contribution in [3.8, 4) is 0 Å². The number of nitrogens with one attached hydrogen (secondary N) is 1. The quantitative estimate of drug-likeness (QED) is 0.626. The standard InChI is InChI=1S/C23H24N4O3/c1-22(2)16-9-5-6-10-17(16)26(4)19(22)13-15(28)14-27-20(29)23(3,25-21(27)30)18-11-7-8-12-24-18/h5-13H,14H2,1-4H3,(H,25,30). The van der Waals surface area contributed by atoms with Gasteiger partial charge in [-0.3, -0.25) is 19.5 Å². The molecule has 7 heteroatoms. The zero-order chi connectivity index (χ0) is 21.7. The summed E-state index contributed by atoms with van der Waals surface area (Å²) >= 11 is 0. The Morgan fingerprint density at radius 3 is 2.47 bits per heavy atom. The van der Waals surface area contributed by atoms with Gasteiger partial charge in [0.1, 0.15) is 0 Å². The van der Waals surface area contributed by atoms with Crippen LogP contribution >= 0.6 is 0 Å². The summed E-state index contributed by atoms with van der Waals surface area (Å²) in [5, 5.41) is 2.68. The summed E-state index contributed by atoms with van der Waals surface area (Å²) in [5.41, 5.74) is 1.78. The fourth-order valence-corrected chi connectivity index (χ4v) is 4.29. The lowest BCUT2D eigenvalue weighted by molar-refractivity contribution is -0.133. The number of nitrogens with zero attached hydrogens (tertiary/aromatic N) is 3. The molecule has 1 atom stereocenters. The highest BCUT2D eigenvalue weighted by molar-refractivity contribution is 6.10. The van der Waals surface area contributed by atoms with Gasteiger partial charge in [-0.2, -0.15) is 0 Å². The molecule has 1 N–H and O–H groups in total. The van der Waals surface area contributed by atoms with E-state index in [0.29, 0.717) is 5.69 Å². The number of pyridine rings is 1. The van der Waals surface area contributed by atoms with Gasteiger partial charge in [-0.05, 0) is 30.7 Å². The summed E-state index contributed by atoms with van der Waals surface area (Å²) < 4.78 is 0. The van der Waals surface area contributed by atoms with Crippen LogP contribution in [0.25, 0.3) is 0 Å². The monoisotopic (exact) mass is 404 g/mol. The van der Waals surface area contributed by atoms with Crippen LogP contribution in [0.3, 0.4) is 0 Å². The third-order valence-corrected chi connectivity index (χ3v) is 6.00. The summed E-state index contributed by atoms with van der Waals surface area (Å²) in [6.07, 6.45) is 3.10. The lowest BCUT2D eigenvalue weighted by Crippen LogP contribution is -2.42. The lowest BCUT2D eigenvalue weighted by Gasteiger charge is -2.24. The molecule has 7 nitrogen and oxygen atoms in total. The number of amides is 3. The minimum Gasteiger partial charge on any atom is -0.347 e. The Bertz CT molecular complexity index is 1080. The van der Waals surface area contributed by atoms with Crippen molar-refractivity contribution in [1.29, 1.82) is 0 Å². The highest BCUT2D eigenvalue weighted by atomic mass is 16.2. The average Bonchev–Trinajstić information content (AvgIpc) is 3.06. The van der Waals surface area contributed by atoms with Crippen molar-refractivity contribution in [2.45, 2.75) is 31.7 Å². The maximum Gasteiger partial charge on any atom is 0.325 e. The molecule has 0 radical (unpaired) electrons. The van der Waals surface area contributed by atoms with Gasteiger partial charge in [-0.1, -0.05) is 38.1 Å². The molecule has 0 spiro atoms. The first kappa shape index (κ1) is 19.8. The van der Waals surface area contributed by atoms with E-state index in [1.807, 2.05) is 36.2 Å². The van der Waals surface area contributed by atoms with Crippen molar-refractivity contribution >= 4 is 23.4 Å². The zero-order valence-corrected chi connectivity index (χ0v) is 17.5. The third-order valence-electron chi connectivity index (χ3n) is 6.00. The maximum atomic E-state index is 13.0. The fourth-order valence-electron chi connectivity index (χ4n) is 4.29. The second kappa shape index (κ2) is 6.79. The predicted molar refractivity (Wildman–Crippen MR) is 113 cm³/mol. The first-order valence-corrected chi connectivity index (χ1v) is 9.80. The number of likely N-dealkylation sites (N-methyl/N-ethyl adjacent to an activating group) is 1. The second-order valence-corrected chi connectivity index (χ2v) is 8.36. The molecule has 0 aliphatic carbocycles. The van der Waals surface area contributed by atoms with E-state index in [9.17, 15) is 14.4 Å². The van der Waals surface area contributed by atoms with Crippen molar-refractivity contribution in [3.05, 3.63) is 71.7 Å². The van der Waals surface area contributed by atoms with Crippen LogP contribution in [0.5, 0.6) is 0 Å². The Morgan fingerprint density at radius 2 is 1.80 bits per heavy atom. The van der Waals surface area contributed by atoms with Crippen LogP contribution in [-0.2, 0) is 20.5 Å². The first-order valence-electron chi connectivity index (χ1n) is 9.80. The lowest BCUT2D eigenvalue weighted by atomic mass is 9.83. The first-order chi connectivity index (χ1) is 14.2. The van der Waals surface area contributed by atoms with E-state index >= 15 is 0 Å². The van der Waals surface area contributed by atoms with Crippen molar-refractivity contribution in [2.24, 2.45) is 0 Å². The number of anilines is 1. The minimum absolute atomic E-state index is 0.313. The molecule has 1 aromatic heterocycles. The largest absolute Gasteiger partial charge is 0.347 e. The van der Waals surface area contributed by atoms with Gasteiger partial charge in [0.05, 0.1) is 12.2 Å². The molecule has 30 heavy (non-hydrogen) atoms. The van der Waals surface area contributed by atoms with Gasteiger partial charge in [-0.25, -0.2) is 4.79 Å². The van der Waals surface area contributed by atoms with E-state index < -0.39 is 17.5 Å². The summed E-state index contributed by atoms with van der Waals surface area (Å²) in [7, 11) is 1.92. The van der Waals surface area contributed by atoms with Crippen molar-refractivity contribution in [1.82, 2.24) is 15.2 Å². The number of hydrogen-bond acceptors (Lipinski definition) is 5. The van der Waals surface area contributed by atoms with E-state index in [1.165, 1.54) is 6.08 Å². The summed E-state index contributed by atoms with van der Waals surface area (Å²) in [6.45, 7) is 5.39. The van der Waals surface area contributed by atoms with Crippen LogP contribution in [0.1, 0.15) is 32.0 Å². The van der Waals surface area contributed by atoms with E-state index in [-0.39, 0.29) is 17.7 Å². The number of aromatic nitrogens is 1. The van der Waals surface area contributed by atoms with Gasteiger partial charge in [0, 0.05) is 36.1 Å². The molecule has 4 rings (SSSR count). The Labute approximate surface area is 175 Å². The number of benzene rings is 1. The number of allylic oxidation sites excluding steroid dienone is 1. The summed E-state index contributed by atoms with van der Waals surface area (Å²) in [5.74, 6) is -0.799. The molecule has 3 amide bonds. The molecule has 154 valence electrons. The molecule has 1 saturated heterocycles. The van der Waals surface area contributed by atoms with Crippen LogP contribution in [0, 0.1) is 0 Å². The molecule has 2 aromatic rings. The van der Waals surface area contributed by atoms with Crippen molar-refractivity contribution in [3.63, 3.8) is 0 Å². The molecule has 3 heterocycles. The number of carbonyl (C=O) groups excluding carboxylic acids is 3. The Balaban J connectivity index is 1.58. The number of para-hydroxylation sites is 1.